The first-order chi connectivity index (χ1) is 13.3. The number of rotatable bonds is 5. The summed E-state index contributed by atoms with van der Waals surface area (Å²) in [5, 5.41) is 12.5. The van der Waals surface area contributed by atoms with Crippen LogP contribution in [0.3, 0.4) is 0 Å². The first kappa shape index (κ1) is 20.1. The van der Waals surface area contributed by atoms with E-state index in [-0.39, 0.29) is 17.5 Å². The van der Waals surface area contributed by atoms with Gasteiger partial charge in [0.25, 0.3) is 5.91 Å². The summed E-state index contributed by atoms with van der Waals surface area (Å²) in [5.41, 5.74) is -0.422. The van der Waals surface area contributed by atoms with Crippen LogP contribution in [0.25, 0.3) is 0 Å². The summed E-state index contributed by atoms with van der Waals surface area (Å²) in [4.78, 5) is 14.5. The van der Waals surface area contributed by atoms with E-state index < -0.39 is 5.60 Å². The largest absolute Gasteiger partial charge is 0.443 e. The molecule has 1 saturated heterocycles. The van der Waals surface area contributed by atoms with E-state index in [1.54, 1.807) is 38.1 Å². The van der Waals surface area contributed by atoms with Gasteiger partial charge >= 0.3 is 0 Å². The Hall–Kier alpha value is -2.62. The zero-order valence-corrected chi connectivity index (χ0v) is 16.2. The van der Waals surface area contributed by atoms with Gasteiger partial charge in [-0.25, -0.2) is 4.39 Å². The van der Waals surface area contributed by atoms with Crippen molar-refractivity contribution in [2.45, 2.75) is 32.4 Å². The van der Waals surface area contributed by atoms with Gasteiger partial charge in [-0.15, -0.1) is 0 Å². The van der Waals surface area contributed by atoms with Crippen LogP contribution in [0.15, 0.2) is 40.8 Å². The Morgan fingerprint density at radius 1 is 1.36 bits per heavy atom. The summed E-state index contributed by atoms with van der Waals surface area (Å²) in [6.45, 7) is 5.97. The quantitative estimate of drug-likeness (QED) is 0.778. The summed E-state index contributed by atoms with van der Waals surface area (Å²) in [7, 11) is 0. The van der Waals surface area contributed by atoms with Crippen molar-refractivity contribution in [2.24, 2.45) is 5.92 Å². The number of benzene rings is 1. The van der Waals surface area contributed by atoms with Crippen molar-refractivity contribution < 1.29 is 18.7 Å². The molecule has 0 bridgehead atoms. The minimum atomic E-state index is -1.12. The molecule has 1 fully saturated rings. The van der Waals surface area contributed by atoms with E-state index in [0.717, 1.165) is 19.5 Å². The Kier molecular flexibility index (Phi) is 6.18. The van der Waals surface area contributed by atoms with E-state index in [0.29, 0.717) is 30.3 Å². The summed E-state index contributed by atoms with van der Waals surface area (Å²) < 4.78 is 19.2. The average Bonchev–Trinajstić information content (AvgIpc) is 3.29. The molecule has 1 aliphatic heterocycles. The number of hydrogen-bond donors (Lipinski definition) is 2. The Morgan fingerprint density at radius 2 is 2.14 bits per heavy atom. The molecule has 2 aromatic rings. The van der Waals surface area contributed by atoms with E-state index in [4.69, 9.17) is 4.42 Å². The van der Waals surface area contributed by atoms with E-state index in [1.165, 1.54) is 6.07 Å². The lowest BCUT2D eigenvalue weighted by Gasteiger charge is -2.16. The molecule has 0 spiro atoms. The molecule has 1 unspecified atom stereocenters. The normalized spacial score (nSPS) is 17.2. The third kappa shape index (κ3) is 5.69. The van der Waals surface area contributed by atoms with Crippen LogP contribution in [0.2, 0.25) is 0 Å². The molecule has 2 heterocycles. The van der Waals surface area contributed by atoms with Crippen LogP contribution in [0.1, 0.15) is 42.1 Å². The maximum absolute atomic E-state index is 13.8. The smallest absolute Gasteiger partial charge is 0.287 e. The first-order valence-corrected chi connectivity index (χ1v) is 9.39. The number of amides is 1. The van der Waals surface area contributed by atoms with Gasteiger partial charge in [0.1, 0.15) is 11.4 Å². The van der Waals surface area contributed by atoms with Crippen LogP contribution >= 0.6 is 0 Å². The Balaban J connectivity index is 1.47. The third-order valence-corrected chi connectivity index (χ3v) is 4.59. The molecule has 1 atom stereocenters. The van der Waals surface area contributed by atoms with Gasteiger partial charge in [0.2, 0.25) is 0 Å². The van der Waals surface area contributed by atoms with Crippen molar-refractivity contribution in [3.63, 3.8) is 0 Å². The van der Waals surface area contributed by atoms with Crippen molar-refractivity contribution >= 4 is 5.91 Å². The fourth-order valence-corrected chi connectivity index (χ4v) is 3.16. The molecule has 3 rings (SSSR count). The van der Waals surface area contributed by atoms with Crippen molar-refractivity contribution in [3.05, 3.63) is 59.3 Å². The van der Waals surface area contributed by atoms with E-state index in [1.807, 2.05) is 6.07 Å². The van der Waals surface area contributed by atoms with Gasteiger partial charge in [-0.2, -0.15) is 0 Å². The van der Waals surface area contributed by atoms with Crippen LogP contribution in [0.5, 0.6) is 0 Å². The van der Waals surface area contributed by atoms with E-state index >= 15 is 0 Å². The van der Waals surface area contributed by atoms with Crippen molar-refractivity contribution in [2.75, 3.05) is 19.6 Å². The number of hydrogen-bond acceptors (Lipinski definition) is 4. The lowest BCUT2D eigenvalue weighted by Crippen LogP contribution is -2.30. The zero-order chi connectivity index (χ0) is 20.1. The number of halogens is 1. The number of carbonyl (C=O) groups excluding carboxylic acids is 1. The molecule has 28 heavy (non-hydrogen) atoms. The molecule has 0 saturated carbocycles. The molecule has 0 aliphatic carbocycles. The Labute approximate surface area is 164 Å². The van der Waals surface area contributed by atoms with E-state index in [2.05, 4.69) is 22.1 Å². The summed E-state index contributed by atoms with van der Waals surface area (Å²) in [5.74, 6) is 5.73. The maximum atomic E-state index is 13.8. The Morgan fingerprint density at radius 3 is 2.89 bits per heavy atom. The predicted octanol–water partition coefficient (Wildman–Crippen LogP) is 2.79. The van der Waals surface area contributed by atoms with Crippen LogP contribution in [-0.2, 0) is 6.54 Å². The minimum absolute atomic E-state index is 0.180. The molecule has 148 valence electrons. The number of nitrogens with zero attached hydrogens (tertiary/aromatic N) is 1. The molecular weight excluding hydrogens is 359 g/mol. The third-order valence-electron chi connectivity index (χ3n) is 4.59. The molecular formula is C22H25FN2O3. The van der Waals surface area contributed by atoms with Gasteiger partial charge in [0, 0.05) is 25.2 Å². The van der Waals surface area contributed by atoms with Crippen LogP contribution < -0.4 is 5.32 Å². The van der Waals surface area contributed by atoms with Gasteiger partial charge in [0.05, 0.1) is 0 Å². The second-order valence-corrected chi connectivity index (χ2v) is 7.66. The highest BCUT2D eigenvalue weighted by Crippen LogP contribution is 2.19. The van der Waals surface area contributed by atoms with Gasteiger partial charge < -0.3 is 14.8 Å². The van der Waals surface area contributed by atoms with Crippen LogP contribution in [0.4, 0.5) is 4.39 Å². The van der Waals surface area contributed by atoms with E-state index in [9.17, 15) is 14.3 Å². The number of likely N-dealkylation sites (tertiary alicyclic amines) is 1. The predicted molar refractivity (Wildman–Crippen MR) is 104 cm³/mol. The lowest BCUT2D eigenvalue weighted by atomic mass is 10.1. The van der Waals surface area contributed by atoms with Gasteiger partial charge in [-0.05, 0) is 56.9 Å². The van der Waals surface area contributed by atoms with Crippen molar-refractivity contribution in [1.82, 2.24) is 10.2 Å². The topological polar surface area (TPSA) is 65.7 Å². The summed E-state index contributed by atoms with van der Waals surface area (Å²) in [6, 6.07) is 10.0. The Bertz CT molecular complexity index is 889. The maximum Gasteiger partial charge on any atom is 0.287 e. The van der Waals surface area contributed by atoms with Crippen molar-refractivity contribution in [3.8, 4) is 11.8 Å². The van der Waals surface area contributed by atoms with Gasteiger partial charge in [-0.3, -0.25) is 9.69 Å². The highest BCUT2D eigenvalue weighted by molar-refractivity contribution is 5.91. The number of aliphatic hydroxyl groups is 1. The molecule has 5 nitrogen and oxygen atoms in total. The number of nitrogens with one attached hydrogen (secondary N) is 1. The highest BCUT2D eigenvalue weighted by Gasteiger charge is 2.24. The molecule has 6 heteroatoms. The first-order valence-electron chi connectivity index (χ1n) is 9.39. The van der Waals surface area contributed by atoms with Gasteiger partial charge in [0.15, 0.2) is 11.5 Å². The average molecular weight is 384 g/mol. The zero-order valence-electron chi connectivity index (χ0n) is 16.2. The lowest BCUT2D eigenvalue weighted by molar-refractivity contribution is 0.0919. The molecule has 1 amide bonds. The second kappa shape index (κ2) is 8.59. The summed E-state index contributed by atoms with van der Waals surface area (Å²) >= 11 is 0. The monoisotopic (exact) mass is 384 g/mol. The fourth-order valence-electron chi connectivity index (χ4n) is 3.16. The molecule has 0 radical (unpaired) electrons. The molecule has 1 aliphatic rings. The van der Waals surface area contributed by atoms with Crippen LogP contribution in [0, 0.1) is 23.6 Å². The molecule has 2 N–H and O–H groups in total. The molecule has 1 aromatic heterocycles. The summed E-state index contributed by atoms with van der Waals surface area (Å²) in [6.07, 6.45) is 0.954. The fraction of sp³-hybridized carbons (Fsp3) is 0.409. The van der Waals surface area contributed by atoms with Gasteiger partial charge in [-0.1, -0.05) is 24.1 Å². The second-order valence-electron chi connectivity index (χ2n) is 7.66. The number of carbonyl (C=O) groups is 1. The standard InChI is InChI=1S/C22H25FN2O3/c1-22(2,27)11-9-18-7-8-20(28-18)21(26)24-13-16-10-12-25(14-16)15-17-5-3-4-6-19(17)23/h3-8,16,27H,10,12-15H2,1-2H3,(H,24,26). The highest BCUT2D eigenvalue weighted by atomic mass is 19.1. The van der Waals surface area contributed by atoms with Crippen molar-refractivity contribution in [1.29, 1.82) is 0 Å². The molecule has 1 aromatic carbocycles. The van der Waals surface area contributed by atoms with Crippen LogP contribution in [-0.4, -0.2) is 41.1 Å². The SMILES string of the molecule is CC(C)(O)C#Cc1ccc(C(=O)NCC2CCN(Cc3ccccc3F)C2)o1. The minimum Gasteiger partial charge on any atom is -0.443 e. The number of furan rings is 1.